The van der Waals surface area contributed by atoms with Crippen LogP contribution < -0.4 is 10.0 Å². The van der Waals surface area contributed by atoms with Gasteiger partial charge in [-0.25, -0.2) is 13.1 Å². The van der Waals surface area contributed by atoms with Gasteiger partial charge in [0.25, 0.3) is 0 Å². The predicted molar refractivity (Wildman–Crippen MR) is 110 cm³/mol. The minimum atomic E-state index is -3.70. The monoisotopic (exact) mass is 409 g/mol. The first-order valence-electron chi connectivity index (χ1n) is 9.83. The number of carbonyl (C=O) groups is 2. The maximum atomic E-state index is 12.4. The quantitative estimate of drug-likeness (QED) is 0.689. The van der Waals surface area contributed by atoms with E-state index in [0.29, 0.717) is 24.7 Å². The molecule has 0 bridgehead atoms. The smallest absolute Gasteiger partial charge is 0.241 e. The van der Waals surface area contributed by atoms with Crippen molar-refractivity contribution < 1.29 is 18.0 Å². The van der Waals surface area contributed by atoms with Crippen LogP contribution in [-0.2, 0) is 26.2 Å². The Labute approximate surface area is 167 Å². The minimum Gasteiger partial charge on any atom is -0.339 e. The van der Waals surface area contributed by atoms with Crippen LogP contribution in [0.15, 0.2) is 24.3 Å². The summed E-state index contributed by atoms with van der Waals surface area (Å²) in [5, 5.41) is 2.68. The Hall–Kier alpha value is -1.93. The lowest BCUT2D eigenvalue weighted by atomic mass is 9.88. The van der Waals surface area contributed by atoms with E-state index >= 15 is 0 Å². The highest BCUT2D eigenvalue weighted by Crippen LogP contribution is 2.24. The second-order valence-electron chi connectivity index (χ2n) is 7.57. The van der Waals surface area contributed by atoms with E-state index in [0.717, 1.165) is 31.2 Å². The molecule has 0 atom stereocenters. The van der Waals surface area contributed by atoms with Crippen LogP contribution >= 0.6 is 0 Å². The van der Waals surface area contributed by atoms with E-state index in [-0.39, 0.29) is 11.9 Å². The molecular formula is C20H31N3O4S. The van der Waals surface area contributed by atoms with Crippen molar-refractivity contribution in [3.8, 4) is 0 Å². The summed E-state index contributed by atoms with van der Waals surface area (Å²) < 4.78 is 27.4. The van der Waals surface area contributed by atoms with Crippen molar-refractivity contribution in [2.75, 3.05) is 17.6 Å². The lowest BCUT2D eigenvalue weighted by Crippen LogP contribution is -2.41. The summed E-state index contributed by atoms with van der Waals surface area (Å²) >= 11 is 0. The second kappa shape index (κ2) is 10.0. The normalized spacial score (nSPS) is 19.8. The predicted octanol–water partition coefficient (Wildman–Crippen LogP) is 2.49. The van der Waals surface area contributed by atoms with Crippen molar-refractivity contribution in [1.29, 1.82) is 0 Å². The van der Waals surface area contributed by atoms with Gasteiger partial charge in [0.2, 0.25) is 21.8 Å². The fourth-order valence-electron chi connectivity index (χ4n) is 3.46. The average Bonchev–Trinajstić information content (AvgIpc) is 2.61. The number of para-hydroxylation sites is 1. The molecule has 0 aromatic heterocycles. The molecule has 1 aliphatic carbocycles. The number of amides is 2. The molecule has 1 aromatic carbocycles. The molecule has 1 aliphatic rings. The van der Waals surface area contributed by atoms with Gasteiger partial charge in [0.1, 0.15) is 5.75 Å². The van der Waals surface area contributed by atoms with Crippen molar-refractivity contribution in [3.63, 3.8) is 0 Å². The van der Waals surface area contributed by atoms with Crippen LogP contribution in [0.1, 0.15) is 52.0 Å². The molecule has 0 aliphatic heterocycles. The Morgan fingerprint density at radius 2 is 1.79 bits per heavy atom. The Morgan fingerprint density at radius 1 is 1.14 bits per heavy atom. The van der Waals surface area contributed by atoms with E-state index in [1.165, 1.54) is 6.92 Å². The average molecular weight is 410 g/mol. The van der Waals surface area contributed by atoms with E-state index < -0.39 is 21.7 Å². The fourth-order valence-corrected chi connectivity index (χ4v) is 4.71. The molecule has 156 valence electrons. The molecule has 0 radical (unpaired) electrons. The molecule has 2 rings (SSSR count). The van der Waals surface area contributed by atoms with Crippen molar-refractivity contribution in [2.45, 2.75) is 59.0 Å². The van der Waals surface area contributed by atoms with Gasteiger partial charge in [0.05, 0.1) is 0 Å². The summed E-state index contributed by atoms with van der Waals surface area (Å²) in [6, 6.07) is 7.02. The minimum absolute atomic E-state index is 0.0581. The van der Waals surface area contributed by atoms with Crippen LogP contribution in [0, 0.1) is 5.92 Å². The molecule has 1 aromatic rings. The first-order valence-corrected chi connectivity index (χ1v) is 11.5. The van der Waals surface area contributed by atoms with Crippen LogP contribution in [0.4, 0.5) is 5.69 Å². The van der Waals surface area contributed by atoms with Gasteiger partial charge in [-0.05, 0) is 50.2 Å². The standard InChI is InChI=1S/C20H31N3O4S/c1-4-23(16(3)24)13-17-7-5-6-8-19(17)21-20(25)14-28(26,27)22-18-11-9-15(2)10-12-18/h5-8,15,18,22H,4,9-14H2,1-3H3,(H,21,25). The lowest BCUT2D eigenvalue weighted by Gasteiger charge is -2.26. The van der Waals surface area contributed by atoms with Crippen molar-refractivity contribution >= 4 is 27.5 Å². The van der Waals surface area contributed by atoms with Crippen molar-refractivity contribution in [2.24, 2.45) is 5.92 Å². The van der Waals surface area contributed by atoms with Crippen LogP contribution in [0.25, 0.3) is 0 Å². The molecule has 2 N–H and O–H groups in total. The van der Waals surface area contributed by atoms with E-state index in [4.69, 9.17) is 0 Å². The van der Waals surface area contributed by atoms with Gasteiger partial charge in [-0.1, -0.05) is 25.1 Å². The molecule has 28 heavy (non-hydrogen) atoms. The zero-order valence-electron chi connectivity index (χ0n) is 16.9. The third-order valence-electron chi connectivity index (χ3n) is 5.16. The number of nitrogens with one attached hydrogen (secondary N) is 2. The Balaban J connectivity index is 1.98. The number of anilines is 1. The van der Waals surface area contributed by atoms with Gasteiger partial charge < -0.3 is 10.2 Å². The van der Waals surface area contributed by atoms with Crippen molar-refractivity contribution in [1.82, 2.24) is 9.62 Å². The molecule has 7 nitrogen and oxygen atoms in total. The molecule has 8 heteroatoms. The van der Waals surface area contributed by atoms with Crippen LogP contribution in [0.5, 0.6) is 0 Å². The first kappa shape index (κ1) is 22.4. The van der Waals surface area contributed by atoms with Gasteiger partial charge in [-0.15, -0.1) is 0 Å². The van der Waals surface area contributed by atoms with Gasteiger partial charge in [0.15, 0.2) is 0 Å². The number of sulfonamides is 1. The van der Waals surface area contributed by atoms with Crippen LogP contribution in [0.3, 0.4) is 0 Å². The fraction of sp³-hybridized carbons (Fsp3) is 0.600. The van der Waals surface area contributed by atoms with Gasteiger partial charge in [-0.3, -0.25) is 9.59 Å². The highest BCUT2D eigenvalue weighted by Gasteiger charge is 2.25. The van der Waals surface area contributed by atoms with E-state index in [2.05, 4.69) is 17.0 Å². The third-order valence-corrected chi connectivity index (χ3v) is 6.50. The van der Waals surface area contributed by atoms with Crippen molar-refractivity contribution in [3.05, 3.63) is 29.8 Å². The highest BCUT2D eigenvalue weighted by atomic mass is 32.2. The number of hydrogen-bond acceptors (Lipinski definition) is 4. The maximum Gasteiger partial charge on any atom is 0.241 e. The lowest BCUT2D eigenvalue weighted by molar-refractivity contribution is -0.129. The number of rotatable bonds is 8. The van der Waals surface area contributed by atoms with E-state index in [1.807, 2.05) is 19.1 Å². The Bertz CT molecular complexity index is 786. The molecule has 1 saturated carbocycles. The number of nitrogens with zero attached hydrogens (tertiary/aromatic N) is 1. The molecule has 1 fully saturated rings. The number of benzene rings is 1. The second-order valence-corrected chi connectivity index (χ2v) is 9.33. The van der Waals surface area contributed by atoms with Gasteiger partial charge in [0, 0.05) is 31.7 Å². The zero-order valence-corrected chi connectivity index (χ0v) is 17.7. The van der Waals surface area contributed by atoms with E-state index in [1.54, 1.807) is 17.0 Å². The summed E-state index contributed by atoms with van der Waals surface area (Å²) in [7, 11) is -3.70. The number of carbonyl (C=O) groups excluding carboxylic acids is 2. The molecule has 0 heterocycles. The highest BCUT2D eigenvalue weighted by molar-refractivity contribution is 7.90. The van der Waals surface area contributed by atoms with E-state index in [9.17, 15) is 18.0 Å². The number of hydrogen-bond donors (Lipinski definition) is 2. The molecule has 2 amide bonds. The summed E-state index contributed by atoms with van der Waals surface area (Å²) in [5.41, 5.74) is 1.29. The maximum absolute atomic E-state index is 12.4. The Kier molecular flexibility index (Phi) is 8.00. The summed E-state index contributed by atoms with van der Waals surface area (Å²) in [5.74, 6) is -0.636. The molecule has 0 unspecified atom stereocenters. The summed E-state index contributed by atoms with van der Waals surface area (Å²) in [6.07, 6.45) is 3.61. The largest absolute Gasteiger partial charge is 0.339 e. The van der Waals surface area contributed by atoms with Gasteiger partial charge in [-0.2, -0.15) is 0 Å². The third kappa shape index (κ3) is 6.91. The van der Waals surface area contributed by atoms with Crippen LogP contribution in [0.2, 0.25) is 0 Å². The summed E-state index contributed by atoms with van der Waals surface area (Å²) in [6.45, 7) is 6.45. The molecule has 0 spiro atoms. The van der Waals surface area contributed by atoms with Gasteiger partial charge >= 0.3 is 0 Å². The molecular weight excluding hydrogens is 378 g/mol. The van der Waals surface area contributed by atoms with Crippen LogP contribution in [-0.4, -0.2) is 43.5 Å². The topological polar surface area (TPSA) is 95.6 Å². The Morgan fingerprint density at radius 3 is 2.39 bits per heavy atom. The SMILES string of the molecule is CCN(Cc1ccccc1NC(=O)CS(=O)(=O)NC1CCC(C)CC1)C(C)=O. The molecule has 0 saturated heterocycles. The zero-order chi connectivity index (χ0) is 20.7. The summed E-state index contributed by atoms with van der Waals surface area (Å²) in [4.78, 5) is 25.7. The first-order chi connectivity index (χ1) is 13.2.